The van der Waals surface area contributed by atoms with Gasteiger partial charge >= 0.3 is 12.1 Å². The van der Waals surface area contributed by atoms with Gasteiger partial charge < -0.3 is 9.94 Å². The van der Waals surface area contributed by atoms with E-state index in [2.05, 4.69) is 5.16 Å². The topological polar surface area (TPSA) is 62.1 Å². The van der Waals surface area contributed by atoms with Gasteiger partial charge in [0.25, 0.3) is 0 Å². The highest BCUT2D eigenvalue weighted by Crippen LogP contribution is 2.41. The van der Waals surface area contributed by atoms with E-state index in [1.807, 2.05) is 24.0 Å². The molecule has 0 spiro atoms. The van der Waals surface area contributed by atoms with Crippen LogP contribution in [0.2, 0.25) is 0 Å². The van der Waals surface area contributed by atoms with Crippen molar-refractivity contribution in [1.29, 1.82) is 0 Å². The van der Waals surface area contributed by atoms with Gasteiger partial charge in [0.1, 0.15) is 6.61 Å². The molecule has 2 aromatic carbocycles. The average molecular weight is 528 g/mol. The summed E-state index contributed by atoms with van der Waals surface area (Å²) in [5, 5.41) is 13.1. The summed E-state index contributed by atoms with van der Waals surface area (Å²) in [4.78, 5) is 18.4. The van der Waals surface area contributed by atoms with Crippen molar-refractivity contribution in [3.8, 4) is 0 Å². The van der Waals surface area contributed by atoms with Crippen molar-refractivity contribution in [2.75, 3.05) is 13.1 Å². The molecular weight excluding hydrogens is 481 g/mol. The molecule has 8 heteroatoms. The van der Waals surface area contributed by atoms with Gasteiger partial charge in [-0.2, -0.15) is 13.2 Å². The Morgan fingerprint density at radius 3 is 2.54 bits per heavy atom. The number of likely N-dealkylation sites (tertiary alicyclic amines) is 1. The lowest BCUT2D eigenvalue weighted by atomic mass is 9.81. The van der Waals surface area contributed by atoms with E-state index in [0.29, 0.717) is 49.5 Å². The van der Waals surface area contributed by atoms with Gasteiger partial charge in [-0.15, -0.1) is 0 Å². The fraction of sp³-hybridized carbons (Fsp3) is 0.517. The van der Waals surface area contributed by atoms with Gasteiger partial charge in [0.15, 0.2) is 0 Å². The summed E-state index contributed by atoms with van der Waals surface area (Å²) in [5.41, 5.74) is -0.277. The molecule has 37 heavy (non-hydrogen) atoms. The molecule has 1 saturated heterocycles. The van der Waals surface area contributed by atoms with E-state index in [9.17, 15) is 18.0 Å². The largest absolute Gasteiger partial charge is 0.481 e. The minimum absolute atomic E-state index is 0.177. The van der Waals surface area contributed by atoms with E-state index in [-0.39, 0.29) is 11.5 Å². The predicted octanol–water partition coefficient (Wildman–Crippen LogP) is 6.77. The second-order valence-corrected chi connectivity index (χ2v) is 8.89. The smallest absolute Gasteiger partial charge is 0.416 e. The minimum atomic E-state index is -5.34. The number of oxime groups is 1. The third-order valence-electron chi connectivity index (χ3n) is 6.30. The van der Waals surface area contributed by atoms with Crippen LogP contribution in [0.15, 0.2) is 41.6 Å². The van der Waals surface area contributed by atoms with Gasteiger partial charge in [-0.3, -0.25) is 9.69 Å². The number of carboxylic acid groups (broad SMARTS) is 1. The number of hydrogen-bond acceptors (Lipinski definition) is 4. The summed E-state index contributed by atoms with van der Waals surface area (Å²) in [6, 6.07) is 7.54. The van der Waals surface area contributed by atoms with Crippen LogP contribution in [0.1, 0.15) is 100 Å². The van der Waals surface area contributed by atoms with Gasteiger partial charge in [-0.25, -0.2) is 0 Å². The Morgan fingerprint density at radius 2 is 1.89 bits per heavy atom. The lowest BCUT2D eigenvalue weighted by molar-refractivity contribution is -0.147. The number of aryl methyl sites for hydroxylation is 1. The van der Waals surface area contributed by atoms with Crippen LogP contribution in [0, 0.1) is 5.92 Å². The Morgan fingerprint density at radius 1 is 1.16 bits per heavy atom. The van der Waals surface area contributed by atoms with E-state index in [1.54, 1.807) is 13.0 Å². The summed E-state index contributed by atoms with van der Waals surface area (Å²) in [6.07, 6.45) is -24.4. The number of aliphatic carboxylic acids is 1. The maximum Gasteiger partial charge on any atom is 0.416 e. The first-order chi connectivity index (χ1) is 21.8. The van der Waals surface area contributed by atoms with E-state index in [0.717, 1.165) is 17.2 Å². The van der Waals surface area contributed by atoms with Crippen molar-refractivity contribution in [2.24, 2.45) is 11.1 Å². The Balaban J connectivity index is 1.62. The number of rotatable bonds is 9. The van der Waals surface area contributed by atoms with Crippen LogP contribution in [0.5, 0.6) is 0 Å². The number of nitrogens with zero attached hydrogens (tertiary/aromatic N) is 2. The van der Waals surface area contributed by atoms with Crippen LogP contribution in [0.25, 0.3) is 0 Å². The quantitative estimate of drug-likeness (QED) is 0.289. The molecular formula is C29H35F3N2O3. The van der Waals surface area contributed by atoms with Gasteiger partial charge in [0, 0.05) is 34.7 Å². The molecule has 2 aliphatic rings. The zero-order valence-electron chi connectivity index (χ0n) is 31.4. The van der Waals surface area contributed by atoms with Crippen LogP contribution >= 0.6 is 0 Å². The summed E-state index contributed by atoms with van der Waals surface area (Å²) in [6.45, 7) is 4.50. The molecule has 0 bridgehead atoms. The molecule has 200 valence electrons. The lowest BCUT2D eigenvalue weighted by Crippen LogP contribution is -2.49. The lowest BCUT2D eigenvalue weighted by Gasteiger charge is -2.37. The molecule has 2 aromatic rings. The first-order valence-corrected chi connectivity index (χ1v) is 11.7. The molecule has 0 radical (unpaired) electrons. The van der Waals surface area contributed by atoms with Crippen LogP contribution in [0.4, 0.5) is 13.2 Å². The maximum absolute atomic E-state index is 14.4. The monoisotopic (exact) mass is 527 g/mol. The van der Waals surface area contributed by atoms with E-state index >= 15 is 0 Å². The molecule has 1 heterocycles. The highest BCUT2D eigenvalue weighted by atomic mass is 19.4. The Bertz CT molecular complexity index is 1580. The zero-order chi connectivity index (χ0) is 36.5. The molecule has 5 nitrogen and oxygen atoms in total. The summed E-state index contributed by atoms with van der Waals surface area (Å²) >= 11 is 0. The van der Waals surface area contributed by atoms with Crippen LogP contribution in [0.3, 0.4) is 0 Å². The molecule has 0 aromatic heterocycles. The Hall–Kier alpha value is -2.87. The average Bonchev–Trinajstić information content (AvgIpc) is 2.96. The molecule has 0 amide bonds. The summed E-state index contributed by atoms with van der Waals surface area (Å²) in [7, 11) is 0. The molecule has 4 rings (SSSR count). The standard InChI is InChI=1S/C29H35F3N2O3/c1-3-21-14-23(10-11-24(21)15-34-16-25(17-34)28(35)36)19(2)33-37-18-20-9-12-26(22-7-5-4-6-8-22)27(13-20)29(30,31)32/h9-14,22,25H,3-8,15-18H2,1-2H3,(H,35,36)/b33-19-/i4D2,5D2,6D2,7D2,8D2,22D. The van der Waals surface area contributed by atoms with Crippen LogP contribution in [-0.2, 0) is 35.4 Å². The Labute approximate surface area is 231 Å². The second kappa shape index (κ2) is 11.7. The molecule has 0 atom stereocenters. The molecule has 1 N–H and O–H groups in total. The zero-order valence-corrected chi connectivity index (χ0v) is 20.4. The Kier molecular flexibility index (Phi) is 5.10. The van der Waals surface area contributed by atoms with Crippen molar-refractivity contribution in [3.05, 3.63) is 69.8 Å². The number of benzene rings is 2. The molecule has 1 aliphatic heterocycles. The highest BCUT2D eigenvalue weighted by Gasteiger charge is 2.36. The maximum atomic E-state index is 14.4. The van der Waals surface area contributed by atoms with Crippen molar-refractivity contribution in [1.82, 2.24) is 4.90 Å². The molecule has 2 fully saturated rings. The second-order valence-electron chi connectivity index (χ2n) is 8.89. The van der Waals surface area contributed by atoms with Gasteiger partial charge in [-0.05, 0) is 71.9 Å². The molecule has 1 saturated carbocycles. The highest BCUT2D eigenvalue weighted by molar-refractivity contribution is 5.98. The fourth-order valence-electron chi connectivity index (χ4n) is 4.21. The van der Waals surface area contributed by atoms with E-state index < -0.39 is 67.6 Å². The summed E-state index contributed by atoms with van der Waals surface area (Å²) in [5.74, 6) is -5.12. The fourth-order valence-corrected chi connectivity index (χ4v) is 4.21. The van der Waals surface area contributed by atoms with Crippen LogP contribution < -0.4 is 0 Å². The minimum Gasteiger partial charge on any atom is -0.481 e. The van der Waals surface area contributed by atoms with Crippen molar-refractivity contribution >= 4 is 11.7 Å². The molecule has 0 unspecified atom stereocenters. The number of carbonyl (C=O) groups is 1. The van der Waals surface area contributed by atoms with Gasteiger partial charge in [-0.1, -0.05) is 55.5 Å². The normalized spacial score (nSPS) is 30.1. The SMILES string of the molecule is [2H]C1([2H])C([2H])([2H])C([2H])([2H])C([2H])(c2ccc(CO/N=C(/C)c3ccc(CN4CC(C(=O)O)C4)c(CC)c3)cc2C(F)(F)F)C([2H])([2H])C1([2H])[2H]. The van der Waals surface area contributed by atoms with Crippen molar-refractivity contribution in [3.63, 3.8) is 0 Å². The number of alkyl halides is 3. The first-order valence-electron chi connectivity index (χ1n) is 17.2. The summed E-state index contributed by atoms with van der Waals surface area (Å²) < 4.78 is 134. The molecule has 1 aliphatic carbocycles. The first kappa shape index (κ1) is 16.2. The third kappa shape index (κ3) is 6.72. The number of halogens is 3. The van der Waals surface area contributed by atoms with Crippen LogP contribution in [-0.4, -0.2) is 34.8 Å². The van der Waals surface area contributed by atoms with Crippen molar-refractivity contribution < 1.29 is 43.0 Å². The van der Waals surface area contributed by atoms with Gasteiger partial charge in [0.05, 0.1) is 17.2 Å². The van der Waals surface area contributed by atoms with E-state index in [4.69, 9.17) is 25.0 Å². The number of carboxylic acids is 1. The van der Waals surface area contributed by atoms with Gasteiger partial charge in [0.2, 0.25) is 0 Å². The number of hydrogen-bond donors (Lipinski definition) is 1. The van der Waals surface area contributed by atoms with E-state index in [1.165, 1.54) is 0 Å². The third-order valence-corrected chi connectivity index (χ3v) is 6.30. The van der Waals surface area contributed by atoms with Crippen molar-refractivity contribution in [2.45, 2.75) is 77.4 Å². The predicted molar refractivity (Wildman–Crippen MR) is 136 cm³/mol.